The van der Waals surface area contributed by atoms with Gasteiger partial charge in [-0.15, -0.1) is 23.7 Å². The SMILES string of the molecule is Cl.O=C(C1CNC1)N1CCN(c2cccs2)CC1. The molecule has 0 aromatic carbocycles. The van der Waals surface area contributed by atoms with E-state index >= 15 is 0 Å². The summed E-state index contributed by atoms with van der Waals surface area (Å²) in [6, 6.07) is 4.23. The lowest BCUT2D eigenvalue weighted by Gasteiger charge is -2.38. The van der Waals surface area contributed by atoms with Crippen molar-refractivity contribution in [3.05, 3.63) is 17.5 Å². The lowest BCUT2D eigenvalue weighted by atomic mass is 10.0. The highest BCUT2D eigenvalue weighted by atomic mass is 35.5. The van der Waals surface area contributed by atoms with Crippen LogP contribution in [0.3, 0.4) is 0 Å². The van der Waals surface area contributed by atoms with Crippen LogP contribution in [0.25, 0.3) is 0 Å². The fourth-order valence-corrected chi connectivity index (χ4v) is 3.10. The van der Waals surface area contributed by atoms with E-state index in [0.29, 0.717) is 5.91 Å². The summed E-state index contributed by atoms with van der Waals surface area (Å²) >= 11 is 1.77. The Morgan fingerprint density at radius 1 is 1.28 bits per heavy atom. The average Bonchev–Trinajstić information content (AvgIpc) is 2.80. The Morgan fingerprint density at radius 3 is 2.50 bits per heavy atom. The summed E-state index contributed by atoms with van der Waals surface area (Å²) in [5, 5.41) is 6.58. The largest absolute Gasteiger partial charge is 0.360 e. The molecule has 2 aliphatic rings. The van der Waals surface area contributed by atoms with Gasteiger partial charge in [0.05, 0.1) is 10.9 Å². The molecular formula is C12H18ClN3OS. The summed E-state index contributed by atoms with van der Waals surface area (Å²) in [5.41, 5.74) is 0. The molecule has 0 spiro atoms. The van der Waals surface area contributed by atoms with Gasteiger partial charge in [-0.25, -0.2) is 0 Å². The molecule has 0 saturated carbocycles. The van der Waals surface area contributed by atoms with E-state index in [1.54, 1.807) is 11.3 Å². The van der Waals surface area contributed by atoms with Crippen LogP contribution < -0.4 is 10.2 Å². The van der Waals surface area contributed by atoms with Gasteiger partial charge < -0.3 is 15.1 Å². The van der Waals surface area contributed by atoms with Crippen LogP contribution in [0.1, 0.15) is 0 Å². The molecule has 0 unspecified atom stereocenters. The van der Waals surface area contributed by atoms with Crippen LogP contribution in [-0.4, -0.2) is 50.1 Å². The molecule has 6 heteroatoms. The van der Waals surface area contributed by atoms with Gasteiger partial charge in [0.2, 0.25) is 5.91 Å². The number of halogens is 1. The van der Waals surface area contributed by atoms with Crippen LogP contribution in [0.4, 0.5) is 5.00 Å². The van der Waals surface area contributed by atoms with Crippen LogP contribution in [0.5, 0.6) is 0 Å². The van der Waals surface area contributed by atoms with Crippen LogP contribution in [0.15, 0.2) is 17.5 Å². The van der Waals surface area contributed by atoms with Gasteiger partial charge in [-0.1, -0.05) is 0 Å². The van der Waals surface area contributed by atoms with E-state index in [1.807, 2.05) is 4.90 Å². The molecule has 18 heavy (non-hydrogen) atoms. The quantitative estimate of drug-likeness (QED) is 0.883. The number of hydrogen-bond acceptors (Lipinski definition) is 4. The number of carbonyl (C=O) groups excluding carboxylic acids is 1. The third kappa shape index (κ3) is 2.63. The van der Waals surface area contributed by atoms with E-state index in [2.05, 4.69) is 27.7 Å². The van der Waals surface area contributed by atoms with Gasteiger partial charge in [0.1, 0.15) is 0 Å². The Hall–Kier alpha value is -0.780. The molecule has 0 aliphatic carbocycles. The van der Waals surface area contributed by atoms with Crippen LogP contribution >= 0.6 is 23.7 Å². The zero-order chi connectivity index (χ0) is 11.7. The van der Waals surface area contributed by atoms with E-state index < -0.39 is 0 Å². The van der Waals surface area contributed by atoms with E-state index in [-0.39, 0.29) is 18.3 Å². The summed E-state index contributed by atoms with van der Waals surface area (Å²) in [7, 11) is 0. The van der Waals surface area contributed by atoms with Crippen LogP contribution in [0, 0.1) is 5.92 Å². The molecule has 1 aromatic rings. The maximum Gasteiger partial charge on any atom is 0.228 e. The van der Waals surface area contributed by atoms with Crippen molar-refractivity contribution in [1.82, 2.24) is 10.2 Å². The van der Waals surface area contributed by atoms with E-state index in [0.717, 1.165) is 39.3 Å². The third-order valence-electron chi connectivity index (χ3n) is 3.54. The fourth-order valence-electron chi connectivity index (χ4n) is 2.32. The molecule has 2 saturated heterocycles. The van der Waals surface area contributed by atoms with Crippen molar-refractivity contribution in [3.63, 3.8) is 0 Å². The third-order valence-corrected chi connectivity index (χ3v) is 4.47. The maximum absolute atomic E-state index is 12.0. The van der Waals surface area contributed by atoms with Crippen molar-refractivity contribution in [2.24, 2.45) is 5.92 Å². The summed E-state index contributed by atoms with van der Waals surface area (Å²) in [4.78, 5) is 16.4. The molecule has 2 fully saturated rings. The van der Waals surface area contributed by atoms with E-state index in [4.69, 9.17) is 0 Å². The second kappa shape index (κ2) is 5.91. The number of nitrogens with zero attached hydrogens (tertiary/aromatic N) is 2. The molecular weight excluding hydrogens is 270 g/mol. The molecule has 0 radical (unpaired) electrons. The van der Waals surface area contributed by atoms with Crippen molar-refractivity contribution in [3.8, 4) is 0 Å². The first-order valence-corrected chi connectivity index (χ1v) is 7.00. The molecule has 0 bridgehead atoms. The molecule has 1 amide bonds. The average molecular weight is 288 g/mol. The van der Waals surface area contributed by atoms with Crippen molar-refractivity contribution in [2.75, 3.05) is 44.2 Å². The first-order valence-electron chi connectivity index (χ1n) is 6.12. The molecule has 4 nitrogen and oxygen atoms in total. The minimum Gasteiger partial charge on any atom is -0.360 e. The highest BCUT2D eigenvalue weighted by molar-refractivity contribution is 7.14. The predicted octanol–water partition coefficient (Wildman–Crippen LogP) is 1.04. The van der Waals surface area contributed by atoms with Gasteiger partial charge in [-0.05, 0) is 17.5 Å². The molecule has 1 N–H and O–H groups in total. The second-order valence-electron chi connectivity index (χ2n) is 4.62. The monoisotopic (exact) mass is 287 g/mol. The predicted molar refractivity (Wildman–Crippen MR) is 76.7 cm³/mol. The Labute approximate surface area is 117 Å². The van der Waals surface area contributed by atoms with Crippen LogP contribution in [0.2, 0.25) is 0 Å². The van der Waals surface area contributed by atoms with Gasteiger partial charge in [0.25, 0.3) is 0 Å². The highest BCUT2D eigenvalue weighted by Crippen LogP contribution is 2.22. The van der Waals surface area contributed by atoms with Crippen molar-refractivity contribution in [2.45, 2.75) is 0 Å². The summed E-state index contributed by atoms with van der Waals surface area (Å²) in [6.45, 7) is 5.40. The topological polar surface area (TPSA) is 35.6 Å². The molecule has 100 valence electrons. The van der Waals surface area contributed by atoms with Gasteiger partial charge >= 0.3 is 0 Å². The summed E-state index contributed by atoms with van der Waals surface area (Å²) in [5.74, 6) is 0.581. The smallest absolute Gasteiger partial charge is 0.228 e. The second-order valence-corrected chi connectivity index (χ2v) is 5.54. The number of piperazine rings is 1. The van der Waals surface area contributed by atoms with Gasteiger partial charge in [0.15, 0.2) is 0 Å². The molecule has 1 aromatic heterocycles. The minimum atomic E-state index is 0. The fraction of sp³-hybridized carbons (Fsp3) is 0.583. The first kappa shape index (κ1) is 13.6. The van der Waals surface area contributed by atoms with Crippen molar-refractivity contribution >= 4 is 34.7 Å². The number of hydrogen-bond donors (Lipinski definition) is 1. The Kier molecular flexibility index (Phi) is 4.48. The number of rotatable bonds is 2. The molecule has 3 heterocycles. The Bertz CT molecular complexity index is 386. The minimum absolute atomic E-state index is 0. The first-order chi connectivity index (χ1) is 8.34. The highest BCUT2D eigenvalue weighted by Gasteiger charge is 2.31. The number of anilines is 1. The van der Waals surface area contributed by atoms with Gasteiger partial charge in [-0.3, -0.25) is 4.79 Å². The molecule has 3 rings (SSSR count). The van der Waals surface area contributed by atoms with Gasteiger partial charge in [-0.2, -0.15) is 0 Å². The van der Waals surface area contributed by atoms with Gasteiger partial charge in [0, 0.05) is 39.3 Å². The Morgan fingerprint density at radius 2 is 2.00 bits per heavy atom. The number of carbonyl (C=O) groups is 1. The number of nitrogens with one attached hydrogen (secondary N) is 1. The van der Waals surface area contributed by atoms with Crippen molar-refractivity contribution < 1.29 is 4.79 Å². The standard InChI is InChI=1S/C12H17N3OS.ClH/c16-12(10-8-13-9-10)15-5-3-14(4-6-15)11-2-1-7-17-11;/h1-2,7,10,13H,3-6,8-9H2;1H. The van der Waals surface area contributed by atoms with E-state index in [1.165, 1.54) is 5.00 Å². The normalized spacial score (nSPS) is 20.2. The lowest BCUT2D eigenvalue weighted by molar-refractivity contribution is -0.137. The summed E-state index contributed by atoms with van der Waals surface area (Å²) in [6.07, 6.45) is 0. The number of amides is 1. The zero-order valence-electron chi connectivity index (χ0n) is 10.2. The summed E-state index contributed by atoms with van der Waals surface area (Å²) < 4.78 is 0. The lowest BCUT2D eigenvalue weighted by Crippen LogP contribution is -2.56. The number of thiophene rings is 1. The van der Waals surface area contributed by atoms with Crippen molar-refractivity contribution in [1.29, 1.82) is 0 Å². The maximum atomic E-state index is 12.0. The Balaban J connectivity index is 0.00000120. The molecule has 0 atom stereocenters. The van der Waals surface area contributed by atoms with E-state index in [9.17, 15) is 4.79 Å². The zero-order valence-corrected chi connectivity index (χ0v) is 11.8. The van der Waals surface area contributed by atoms with Crippen LogP contribution in [-0.2, 0) is 4.79 Å². The molecule has 2 aliphatic heterocycles.